The highest BCUT2D eigenvalue weighted by Gasteiger charge is 2.05. The number of rotatable bonds is 4. The minimum atomic E-state index is 0.287. The predicted octanol–water partition coefficient (Wildman–Crippen LogP) is 3.64. The van der Waals surface area contributed by atoms with Crippen LogP contribution < -0.4 is 10.6 Å². The van der Waals surface area contributed by atoms with E-state index < -0.39 is 0 Å². The Kier molecular flexibility index (Phi) is 3.54. The van der Waals surface area contributed by atoms with Gasteiger partial charge in [-0.2, -0.15) is 0 Å². The van der Waals surface area contributed by atoms with Gasteiger partial charge in [0.2, 0.25) is 0 Å². The van der Waals surface area contributed by atoms with Crippen LogP contribution in [0.15, 0.2) is 42.6 Å². The molecule has 0 saturated carbocycles. The molecule has 108 valence electrons. The molecule has 4 heteroatoms. The number of phenols is 1. The number of benzene rings is 2. The molecule has 0 bridgehead atoms. The first-order valence-electron chi connectivity index (χ1n) is 6.98. The molecule has 0 aliphatic carbocycles. The molecule has 0 aliphatic heterocycles. The highest BCUT2D eigenvalue weighted by molar-refractivity contribution is 5.87. The topological polar surface area (TPSA) is 60.1 Å². The molecule has 3 aromatic rings. The number of fused-ring (bicyclic) bond motifs is 1. The average Bonchev–Trinajstić information content (AvgIpc) is 2.85. The van der Waals surface area contributed by atoms with E-state index in [-0.39, 0.29) is 5.75 Å². The third-order valence-electron chi connectivity index (χ3n) is 3.62. The number of aryl methyl sites for hydroxylation is 1. The van der Waals surface area contributed by atoms with Gasteiger partial charge in [-0.25, -0.2) is 0 Å². The highest BCUT2D eigenvalue weighted by atomic mass is 16.3. The van der Waals surface area contributed by atoms with Gasteiger partial charge in [0, 0.05) is 35.0 Å². The molecule has 3 rings (SSSR count). The minimum Gasteiger partial charge on any atom is -0.508 e. The first-order valence-corrected chi connectivity index (χ1v) is 6.98. The largest absolute Gasteiger partial charge is 0.508 e. The van der Waals surface area contributed by atoms with E-state index in [2.05, 4.69) is 33.8 Å². The number of hydrogen-bond acceptors (Lipinski definition) is 3. The Hall–Kier alpha value is -2.46. The van der Waals surface area contributed by atoms with Crippen molar-refractivity contribution in [3.63, 3.8) is 0 Å². The number of phenolic OH excluding ortho intramolecular Hbond substituents is 1. The van der Waals surface area contributed by atoms with Gasteiger partial charge in [0.05, 0.1) is 0 Å². The normalized spacial score (nSPS) is 11.0. The molecule has 2 aromatic carbocycles. The van der Waals surface area contributed by atoms with Crippen molar-refractivity contribution in [1.29, 1.82) is 0 Å². The van der Waals surface area contributed by atoms with Gasteiger partial charge in [0.25, 0.3) is 0 Å². The molecule has 0 saturated heterocycles. The zero-order valence-electron chi connectivity index (χ0n) is 12.2. The minimum absolute atomic E-state index is 0.287. The number of aromatic nitrogens is 1. The van der Waals surface area contributed by atoms with Gasteiger partial charge in [-0.3, -0.25) is 0 Å². The van der Waals surface area contributed by atoms with Crippen molar-refractivity contribution >= 4 is 22.3 Å². The third-order valence-corrected chi connectivity index (χ3v) is 3.62. The fraction of sp³-hybridized carbons (Fsp3) is 0.176. The number of aromatic amines is 1. The lowest BCUT2D eigenvalue weighted by Crippen LogP contribution is -2.03. The van der Waals surface area contributed by atoms with E-state index in [9.17, 15) is 5.11 Å². The maximum atomic E-state index is 9.46. The second-order valence-corrected chi connectivity index (χ2v) is 5.23. The Bertz CT molecular complexity index is 777. The molecule has 0 fully saturated rings. The lowest BCUT2D eigenvalue weighted by molar-refractivity contribution is 0.475. The van der Waals surface area contributed by atoms with Crippen LogP contribution in [-0.4, -0.2) is 17.1 Å². The first-order chi connectivity index (χ1) is 10.2. The Morgan fingerprint density at radius 1 is 1.14 bits per heavy atom. The van der Waals surface area contributed by atoms with Crippen molar-refractivity contribution in [2.75, 3.05) is 12.4 Å². The van der Waals surface area contributed by atoms with Crippen molar-refractivity contribution in [3.8, 4) is 5.75 Å². The van der Waals surface area contributed by atoms with E-state index in [0.717, 1.165) is 29.0 Å². The molecular formula is C17H19N3O. The van der Waals surface area contributed by atoms with Gasteiger partial charge in [-0.1, -0.05) is 6.07 Å². The molecule has 0 unspecified atom stereocenters. The summed E-state index contributed by atoms with van der Waals surface area (Å²) in [6, 6.07) is 11.6. The van der Waals surface area contributed by atoms with E-state index in [1.807, 2.05) is 26.2 Å². The van der Waals surface area contributed by atoms with Crippen LogP contribution in [0.2, 0.25) is 0 Å². The quantitative estimate of drug-likeness (QED) is 0.552. The van der Waals surface area contributed by atoms with Crippen LogP contribution in [0.4, 0.5) is 11.4 Å². The third kappa shape index (κ3) is 2.71. The molecule has 21 heavy (non-hydrogen) atoms. The lowest BCUT2D eigenvalue weighted by atomic mass is 10.1. The number of nitrogens with one attached hydrogen (secondary N) is 3. The fourth-order valence-corrected chi connectivity index (χ4v) is 2.54. The molecule has 0 radical (unpaired) electrons. The van der Waals surface area contributed by atoms with Gasteiger partial charge < -0.3 is 20.7 Å². The van der Waals surface area contributed by atoms with Crippen LogP contribution in [0.3, 0.4) is 0 Å². The molecule has 4 N–H and O–H groups in total. The van der Waals surface area contributed by atoms with Gasteiger partial charge in [-0.15, -0.1) is 0 Å². The average molecular weight is 281 g/mol. The first kappa shape index (κ1) is 13.5. The second kappa shape index (κ2) is 5.50. The monoisotopic (exact) mass is 281 g/mol. The summed E-state index contributed by atoms with van der Waals surface area (Å²) in [5, 5.41) is 17.2. The second-order valence-electron chi connectivity index (χ2n) is 5.23. The van der Waals surface area contributed by atoms with Gasteiger partial charge >= 0.3 is 0 Å². The molecule has 0 amide bonds. The van der Waals surface area contributed by atoms with Gasteiger partial charge in [0.15, 0.2) is 0 Å². The number of anilines is 2. The van der Waals surface area contributed by atoms with E-state index in [0.29, 0.717) is 0 Å². The summed E-state index contributed by atoms with van der Waals surface area (Å²) in [4.78, 5) is 3.30. The Morgan fingerprint density at radius 3 is 2.76 bits per heavy atom. The van der Waals surface area contributed by atoms with E-state index in [1.54, 1.807) is 12.1 Å². The van der Waals surface area contributed by atoms with Crippen molar-refractivity contribution in [3.05, 3.63) is 53.7 Å². The van der Waals surface area contributed by atoms with Crippen molar-refractivity contribution in [2.24, 2.45) is 0 Å². The highest BCUT2D eigenvalue weighted by Crippen LogP contribution is 2.27. The zero-order valence-corrected chi connectivity index (χ0v) is 12.2. The zero-order chi connectivity index (χ0) is 14.8. The van der Waals surface area contributed by atoms with Crippen LogP contribution in [-0.2, 0) is 6.54 Å². The Labute approximate surface area is 123 Å². The fourth-order valence-electron chi connectivity index (χ4n) is 2.54. The van der Waals surface area contributed by atoms with Crippen LogP contribution >= 0.6 is 0 Å². The molecule has 0 spiro atoms. The Balaban J connectivity index is 1.91. The van der Waals surface area contributed by atoms with E-state index in [4.69, 9.17) is 0 Å². The van der Waals surface area contributed by atoms with Crippen LogP contribution in [0.5, 0.6) is 5.75 Å². The summed E-state index contributed by atoms with van der Waals surface area (Å²) >= 11 is 0. The molecule has 1 heterocycles. The standard InChI is InChI=1S/C17H19N3O/c1-11-7-14(21)4-6-16(11)20-13-3-5-15-12(9-18-2)10-19-17(15)8-13/h3-8,10,18-21H,9H2,1-2H3. The summed E-state index contributed by atoms with van der Waals surface area (Å²) in [5.41, 5.74) is 5.40. The number of hydrogen-bond donors (Lipinski definition) is 4. The predicted molar refractivity (Wildman–Crippen MR) is 87.2 cm³/mol. The molecule has 1 aromatic heterocycles. The summed E-state index contributed by atoms with van der Waals surface area (Å²) in [5.74, 6) is 0.287. The summed E-state index contributed by atoms with van der Waals surface area (Å²) in [7, 11) is 1.95. The van der Waals surface area contributed by atoms with Gasteiger partial charge in [0.1, 0.15) is 5.75 Å². The molecular weight excluding hydrogens is 262 g/mol. The van der Waals surface area contributed by atoms with E-state index in [1.165, 1.54) is 10.9 Å². The van der Waals surface area contributed by atoms with Crippen molar-refractivity contribution < 1.29 is 5.11 Å². The van der Waals surface area contributed by atoms with E-state index >= 15 is 0 Å². The summed E-state index contributed by atoms with van der Waals surface area (Å²) < 4.78 is 0. The smallest absolute Gasteiger partial charge is 0.115 e. The van der Waals surface area contributed by atoms with Crippen molar-refractivity contribution in [2.45, 2.75) is 13.5 Å². The summed E-state index contributed by atoms with van der Waals surface area (Å²) in [6.07, 6.45) is 2.04. The molecule has 4 nitrogen and oxygen atoms in total. The summed E-state index contributed by atoms with van der Waals surface area (Å²) in [6.45, 7) is 2.82. The van der Waals surface area contributed by atoms with Crippen LogP contribution in [0.1, 0.15) is 11.1 Å². The lowest BCUT2D eigenvalue weighted by Gasteiger charge is -2.10. The molecule has 0 atom stereocenters. The Morgan fingerprint density at radius 2 is 2.00 bits per heavy atom. The maximum Gasteiger partial charge on any atom is 0.115 e. The molecule has 0 aliphatic rings. The van der Waals surface area contributed by atoms with Crippen LogP contribution in [0.25, 0.3) is 10.9 Å². The maximum absolute atomic E-state index is 9.46. The number of aromatic hydroxyl groups is 1. The number of H-pyrrole nitrogens is 1. The van der Waals surface area contributed by atoms with Gasteiger partial charge in [-0.05, 0) is 55.4 Å². The van der Waals surface area contributed by atoms with Crippen LogP contribution in [0, 0.1) is 6.92 Å². The SMILES string of the molecule is CNCc1c[nH]c2cc(Nc3ccc(O)cc3C)ccc12. The van der Waals surface area contributed by atoms with Crippen molar-refractivity contribution in [1.82, 2.24) is 10.3 Å².